The van der Waals surface area contributed by atoms with Crippen molar-refractivity contribution >= 4 is 80.8 Å². The van der Waals surface area contributed by atoms with Gasteiger partial charge in [0, 0.05) is 16.9 Å². The number of nitrogens with one attached hydrogen (secondary N) is 1. The van der Waals surface area contributed by atoms with E-state index in [2.05, 4.69) is 25.7 Å². The Labute approximate surface area is 225 Å². The van der Waals surface area contributed by atoms with Crippen LogP contribution in [-0.4, -0.2) is 89.4 Å². The number of fused-ring (bicyclic) bond motifs is 1. The third-order valence-corrected chi connectivity index (χ3v) is 9.19. The first-order valence-electron chi connectivity index (χ1n) is 10.5. The molecule has 0 radical (unpaired) electrons. The largest absolute Gasteiger partial charge is 0.477 e. The van der Waals surface area contributed by atoms with Crippen molar-refractivity contribution < 1.29 is 34.2 Å². The minimum atomic E-state index is -1.27. The van der Waals surface area contributed by atoms with Crippen molar-refractivity contribution in [1.82, 2.24) is 25.4 Å². The van der Waals surface area contributed by atoms with Gasteiger partial charge in [0.2, 0.25) is 0 Å². The summed E-state index contributed by atoms with van der Waals surface area (Å²) >= 11 is 4.80. The zero-order valence-electron chi connectivity index (χ0n) is 18.9. The number of nitrogen functional groups attached to an aromatic ring is 1. The Bertz CT molecular complexity index is 1310. The van der Waals surface area contributed by atoms with Gasteiger partial charge >= 0.3 is 11.9 Å². The van der Waals surface area contributed by atoms with Crippen LogP contribution in [0.15, 0.2) is 26.1 Å². The van der Waals surface area contributed by atoms with E-state index >= 15 is 0 Å². The third kappa shape index (κ3) is 5.71. The molecule has 4 rings (SSSR count). The highest BCUT2D eigenvalue weighted by atomic mass is 32.2. The van der Waals surface area contributed by atoms with E-state index in [1.807, 2.05) is 0 Å². The number of thioether (sulfide) groups is 2. The van der Waals surface area contributed by atoms with E-state index in [0.717, 1.165) is 16.2 Å². The van der Waals surface area contributed by atoms with Crippen LogP contribution in [-0.2, 0) is 30.3 Å². The highest BCUT2D eigenvalue weighted by Gasteiger charge is 2.54. The number of aliphatic carboxylic acids is 1. The number of carboxylic acids is 1. The Balaban J connectivity index is 1.42. The van der Waals surface area contributed by atoms with E-state index in [4.69, 9.17) is 10.5 Å². The number of nitrogens with two attached hydrogens (primary N) is 1. The van der Waals surface area contributed by atoms with Crippen LogP contribution in [0.4, 0.5) is 5.13 Å². The molecule has 18 heteroatoms. The quantitative estimate of drug-likeness (QED) is 0.0743. The van der Waals surface area contributed by atoms with Crippen LogP contribution in [0.2, 0.25) is 0 Å². The maximum absolute atomic E-state index is 12.9. The van der Waals surface area contributed by atoms with Gasteiger partial charge in [-0.2, -0.15) is 0 Å². The number of carboxylic acid groups (broad SMARTS) is 1. The number of carbonyl (C=O) groups is 4. The number of esters is 1. The van der Waals surface area contributed by atoms with Crippen molar-refractivity contribution in [2.45, 2.75) is 29.1 Å². The van der Waals surface area contributed by atoms with E-state index in [1.54, 1.807) is 6.92 Å². The summed E-state index contributed by atoms with van der Waals surface area (Å²) in [5.74, 6) is -2.59. The van der Waals surface area contributed by atoms with Gasteiger partial charge in [-0.05, 0) is 12.5 Å². The van der Waals surface area contributed by atoms with E-state index in [-0.39, 0.29) is 35.3 Å². The van der Waals surface area contributed by atoms with Crippen LogP contribution in [0.3, 0.4) is 0 Å². The second-order valence-electron chi connectivity index (χ2n) is 7.37. The fraction of sp³-hybridized carbons (Fsp3) is 0.368. The number of nitrogens with zero attached hydrogens (tertiary/aromatic N) is 5. The minimum Gasteiger partial charge on any atom is -0.477 e. The number of hydrogen-bond acceptors (Lipinski definition) is 15. The first-order chi connectivity index (χ1) is 17.7. The number of ether oxygens (including phenoxy) is 1. The molecule has 2 aliphatic rings. The number of rotatable bonds is 10. The lowest BCUT2D eigenvalue weighted by molar-refractivity contribution is -0.150. The number of thiazole rings is 1. The minimum absolute atomic E-state index is 0.000615. The number of oxime groups is 1. The summed E-state index contributed by atoms with van der Waals surface area (Å²) in [7, 11) is 0. The van der Waals surface area contributed by atoms with Gasteiger partial charge < -0.3 is 26.1 Å². The highest BCUT2D eigenvalue weighted by Crippen LogP contribution is 2.41. The molecule has 1 saturated heterocycles. The van der Waals surface area contributed by atoms with E-state index in [9.17, 15) is 29.5 Å². The summed E-state index contributed by atoms with van der Waals surface area (Å²) in [6, 6.07) is -1.01. The van der Waals surface area contributed by atoms with Gasteiger partial charge in [-0.1, -0.05) is 28.3 Å². The van der Waals surface area contributed by atoms with Crippen LogP contribution >= 0.6 is 46.2 Å². The smallest absolute Gasteiger partial charge is 0.352 e. The second-order valence-corrected chi connectivity index (χ2v) is 11.6. The van der Waals surface area contributed by atoms with Crippen molar-refractivity contribution in [2.75, 3.05) is 23.8 Å². The van der Waals surface area contributed by atoms with Crippen molar-refractivity contribution in [3.63, 3.8) is 0 Å². The topological polar surface area (TPSA) is 210 Å². The molecule has 2 amide bonds. The molecule has 5 N–H and O–H groups in total. The van der Waals surface area contributed by atoms with Gasteiger partial charge in [0.05, 0.1) is 13.0 Å². The summed E-state index contributed by atoms with van der Waals surface area (Å²) in [5.41, 5.74) is 5.56. The molecule has 0 aliphatic carbocycles. The monoisotopic (exact) mass is 585 g/mol. The third-order valence-electron chi connectivity index (χ3n) is 5.04. The highest BCUT2D eigenvalue weighted by molar-refractivity contribution is 8.01. The Morgan fingerprint density at radius 2 is 2.16 bits per heavy atom. The number of anilines is 1. The summed E-state index contributed by atoms with van der Waals surface area (Å²) in [6.45, 7) is 1.97. The van der Waals surface area contributed by atoms with Crippen LogP contribution < -0.4 is 11.1 Å². The van der Waals surface area contributed by atoms with Gasteiger partial charge in [-0.25, -0.2) is 9.78 Å². The summed E-state index contributed by atoms with van der Waals surface area (Å²) in [4.78, 5) is 54.2. The molecule has 2 aromatic heterocycles. The molecule has 37 heavy (non-hydrogen) atoms. The summed E-state index contributed by atoms with van der Waals surface area (Å²) in [6.07, 6.45) is 0.000615. The van der Waals surface area contributed by atoms with E-state index in [1.165, 1.54) is 40.2 Å². The molecule has 2 atom stereocenters. The number of hydrogen-bond donors (Lipinski definition) is 4. The number of β-lactam (4-membered cyclic amide) rings is 1. The molecule has 0 bridgehead atoms. The van der Waals surface area contributed by atoms with Gasteiger partial charge in [-0.15, -0.1) is 33.3 Å². The molecule has 0 aromatic carbocycles. The molecule has 1 unspecified atom stereocenters. The normalized spacial score (nSPS) is 19.3. The first kappa shape index (κ1) is 26.8. The average Bonchev–Trinajstić information content (AvgIpc) is 3.49. The second kappa shape index (κ2) is 11.4. The molecule has 1 fully saturated rings. The van der Waals surface area contributed by atoms with Crippen LogP contribution in [0.5, 0.6) is 0 Å². The van der Waals surface area contributed by atoms with Gasteiger partial charge in [0.25, 0.3) is 11.8 Å². The molecule has 2 aromatic rings. The van der Waals surface area contributed by atoms with Crippen molar-refractivity contribution in [2.24, 2.45) is 5.16 Å². The van der Waals surface area contributed by atoms with Crippen LogP contribution in [0.1, 0.15) is 17.6 Å². The summed E-state index contributed by atoms with van der Waals surface area (Å²) < 4.78 is 5.44. The standard InChI is InChI=1S/C19H19N7O7S4/c1-2-33-10(27)3-9-23-24-19(37-9)36-5-7-4-34-16-12(15(29)26(16)13(7)17(30)31)22-14(28)11(25-32)8-6-35-18(20)21-8/h6,12,16,32H,2-5H2,1H3,(H2,20,21)(H,22,28)(H,30,31)/t12?,16-/m1/s1. The lowest BCUT2D eigenvalue weighted by Gasteiger charge is -2.49. The predicted octanol–water partition coefficient (Wildman–Crippen LogP) is 0.392. The fourth-order valence-corrected chi connectivity index (χ4v) is 7.38. The zero-order chi connectivity index (χ0) is 26.7. The maximum atomic E-state index is 12.9. The van der Waals surface area contributed by atoms with Gasteiger partial charge in [0.15, 0.2) is 15.2 Å². The number of carbonyl (C=O) groups excluding carboxylic acids is 3. The maximum Gasteiger partial charge on any atom is 0.352 e. The van der Waals surface area contributed by atoms with E-state index in [0.29, 0.717) is 20.7 Å². The van der Waals surface area contributed by atoms with E-state index < -0.39 is 40.9 Å². The van der Waals surface area contributed by atoms with Gasteiger partial charge in [-0.3, -0.25) is 19.3 Å². The number of aromatic nitrogens is 3. The molecular weight excluding hydrogens is 567 g/mol. The molecule has 0 saturated carbocycles. The molecule has 196 valence electrons. The SMILES string of the molecule is CCOC(=O)Cc1nnc(SCC2=C(C(=O)O)N3C(=O)C(NC(=O)C(=NO)c4csc(N)n4)[C@H]3SC2)s1. The Kier molecular flexibility index (Phi) is 8.30. The van der Waals surface area contributed by atoms with Crippen molar-refractivity contribution in [3.05, 3.63) is 27.4 Å². The van der Waals surface area contributed by atoms with Crippen molar-refractivity contribution in [1.29, 1.82) is 0 Å². The number of amides is 2. The molecule has 2 aliphatic heterocycles. The Hall–Kier alpha value is -3.22. The zero-order valence-corrected chi connectivity index (χ0v) is 22.2. The van der Waals surface area contributed by atoms with Crippen LogP contribution in [0.25, 0.3) is 0 Å². The molecular formula is C19H19N7O7S4. The average molecular weight is 586 g/mol. The predicted molar refractivity (Wildman–Crippen MR) is 136 cm³/mol. The molecule has 0 spiro atoms. The fourth-order valence-electron chi connectivity index (χ4n) is 3.47. The first-order valence-corrected chi connectivity index (χ1v) is 14.2. The lowest BCUT2D eigenvalue weighted by Crippen LogP contribution is -2.71. The Morgan fingerprint density at radius 1 is 1.38 bits per heavy atom. The lowest BCUT2D eigenvalue weighted by atomic mass is 10.0. The van der Waals surface area contributed by atoms with Crippen molar-refractivity contribution in [3.8, 4) is 0 Å². The van der Waals surface area contributed by atoms with Gasteiger partial charge in [0.1, 0.15) is 27.8 Å². The molecule has 14 nitrogen and oxygen atoms in total. The molecule has 4 heterocycles. The van der Waals surface area contributed by atoms with Crippen LogP contribution in [0, 0.1) is 0 Å². The Morgan fingerprint density at radius 3 is 2.81 bits per heavy atom. The summed E-state index contributed by atoms with van der Waals surface area (Å²) in [5, 5.41) is 34.0.